The molecule has 1 aromatic heterocycles. The van der Waals surface area contributed by atoms with E-state index in [1.807, 2.05) is 0 Å². The summed E-state index contributed by atoms with van der Waals surface area (Å²) < 4.78 is 76.8. The zero-order valence-electron chi connectivity index (χ0n) is 8.97. The molecule has 0 amide bonds. The number of nitrogens with zero attached hydrogens (tertiary/aromatic N) is 1. The molecular formula is C9H6F6N2O2. The quantitative estimate of drug-likeness (QED) is 0.684. The first-order chi connectivity index (χ1) is 8.58. The van der Waals surface area contributed by atoms with Crippen molar-refractivity contribution in [3.8, 4) is 5.75 Å². The van der Waals surface area contributed by atoms with Crippen molar-refractivity contribution in [1.82, 2.24) is 4.98 Å². The third kappa shape index (κ3) is 3.81. The minimum atomic E-state index is -5.32. The van der Waals surface area contributed by atoms with Gasteiger partial charge in [0.15, 0.2) is 17.7 Å². The van der Waals surface area contributed by atoms with Crippen molar-refractivity contribution < 1.29 is 35.9 Å². The fraction of sp³-hybridized carbons (Fsp3) is 0.333. The fourth-order valence-corrected chi connectivity index (χ4v) is 1.22. The van der Waals surface area contributed by atoms with Gasteiger partial charge in [0.05, 0.1) is 0 Å². The predicted molar refractivity (Wildman–Crippen MR) is 49.2 cm³/mol. The summed E-state index contributed by atoms with van der Waals surface area (Å²) in [4.78, 5) is 13.3. The number of aldehydes is 1. The number of hydrogen-bond acceptors (Lipinski definition) is 4. The first-order valence-electron chi connectivity index (χ1n) is 4.60. The lowest BCUT2D eigenvalue weighted by atomic mass is 10.1. The summed E-state index contributed by atoms with van der Waals surface area (Å²) in [5.41, 5.74) is 2.18. The van der Waals surface area contributed by atoms with Crippen LogP contribution in [0.4, 0.5) is 26.3 Å². The second-order valence-corrected chi connectivity index (χ2v) is 3.25. The standard InChI is InChI=1S/C9H6F6N2O2/c10-8(11,12)7-6(19-9(13,14)15)1-4(2-16)5(3-18)17-7/h1,3H,2,16H2. The summed E-state index contributed by atoms with van der Waals surface area (Å²) in [5.74, 6) is -1.55. The predicted octanol–water partition coefficient (Wildman–Crippen LogP) is 2.27. The van der Waals surface area contributed by atoms with Gasteiger partial charge in [0.2, 0.25) is 0 Å². The third-order valence-electron chi connectivity index (χ3n) is 1.93. The molecular weight excluding hydrogens is 282 g/mol. The minimum Gasteiger partial charge on any atom is -0.403 e. The molecule has 10 heteroatoms. The van der Waals surface area contributed by atoms with E-state index in [0.29, 0.717) is 6.07 Å². The number of ether oxygens (including phenoxy) is 1. The van der Waals surface area contributed by atoms with Gasteiger partial charge in [0, 0.05) is 6.54 Å². The smallest absolute Gasteiger partial charge is 0.403 e. The lowest BCUT2D eigenvalue weighted by molar-refractivity contribution is -0.276. The highest BCUT2D eigenvalue weighted by Crippen LogP contribution is 2.37. The Morgan fingerprint density at radius 3 is 2.21 bits per heavy atom. The summed E-state index contributed by atoms with van der Waals surface area (Å²) in [6, 6.07) is 0.396. The van der Waals surface area contributed by atoms with E-state index in [2.05, 4.69) is 9.72 Å². The Morgan fingerprint density at radius 2 is 1.84 bits per heavy atom. The molecule has 0 atom stereocenters. The summed E-state index contributed by atoms with van der Waals surface area (Å²) in [7, 11) is 0. The van der Waals surface area contributed by atoms with E-state index in [1.165, 1.54) is 0 Å². The van der Waals surface area contributed by atoms with Gasteiger partial charge >= 0.3 is 12.5 Å². The van der Waals surface area contributed by atoms with Gasteiger partial charge < -0.3 is 10.5 Å². The lowest BCUT2D eigenvalue weighted by Gasteiger charge is -2.16. The second-order valence-electron chi connectivity index (χ2n) is 3.25. The van der Waals surface area contributed by atoms with Gasteiger partial charge in [-0.25, -0.2) is 4.98 Å². The first-order valence-corrected chi connectivity index (χ1v) is 4.60. The molecule has 0 unspecified atom stereocenters. The molecule has 0 aromatic carbocycles. The van der Waals surface area contributed by atoms with E-state index in [1.54, 1.807) is 0 Å². The molecule has 19 heavy (non-hydrogen) atoms. The number of pyridine rings is 1. The van der Waals surface area contributed by atoms with E-state index in [4.69, 9.17) is 5.73 Å². The van der Waals surface area contributed by atoms with Crippen LogP contribution in [-0.4, -0.2) is 17.6 Å². The molecule has 1 aromatic rings. The summed E-state index contributed by atoms with van der Waals surface area (Å²) in [5, 5.41) is 0. The summed E-state index contributed by atoms with van der Waals surface area (Å²) in [6.45, 7) is -0.465. The van der Waals surface area contributed by atoms with Crippen LogP contribution < -0.4 is 10.5 Å². The van der Waals surface area contributed by atoms with Crippen LogP contribution in [0.15, 0.2) is 6.07 Å². The van der Waals surface area contributed by atoms with E-state index in [9.17, 15) is 31.1 Å². The fourth-order valence-electron chi connectivity index (χ4n) is 1.22. The van der Waals surface area contributed by atoms with Gasteiger partial charge in [-0.05, 0) is 11.6 Å². The molecule has 106 valence electrons. The average molecular weight is 288 g/mol. The Kier molecular flexibility index (Phi) is 4.03. The minimum absolute atomic E-state index is 0.0329. The highest BCUT2D eigenvalue weighted by Gasteiger charge is 2.41. The van der Waals surface area contributed by atoms with Crippen LogP contribution in [0.3, 0.4) is 0 Å². The third-order valence-corrected chi connectivity index (χ3v) is 1.93. The number of nitrogens with two attached hydrogens (primary N) is 1. The van der Waals surface area contributed by atoms with E-state index < -0.39 is 36.2 Å². The van der Waals surface area contributed by atoms with Crippen molar-refractivity contribution in [1.29, 1.82) is 0 Å². The number of hydrogen-bond donors (Lipinski definition) is 1. The highest BCUT2D eigenvalue weighted by molar-refractivity contribution is 5.75. The molecule has 2 N–H and O–H groups in total. The number of halogens is 6. The Morgan fingerprint density at radius 1 is 1.26 bits per heavy atom. The van der Waals surface area contributed by atoms with Crippen LogP contribution in [0.5, 0.6) is 5.75 Å². The SMILES string of the molecule is NCc1cc(OC(F)(F)F)c(C(F)(F)F)nc1C=O. The van der Waals surface area contributed by atoms with Gasteiger partial charge in [-0.3, -0.25) is 4.79 Å². The molecule has 0 saturated carbocycles. The van der Waals surface area contributed by atoms with Gasteiger partial charge in [0.1, 0.15) is 5.69 Å². The van der Waals surface area contributed by atoms with Crippen molar-refractivity contribution in [2.24, 2.45) is 5.73 Å². The Hall–Kier alpha value is -1.84. The monoisotopic (exact) mass is 288 g/mol. The summed E-state index contributed by atoms with van der Waals surface area (Å²) in [6.07, 6.45) is -10.6. The molecule has 0 spiro atoms. The highest BCUT2D eigenvalue weighted by atomic mass is 19.4. The van der Waals surface area contributed by atoms with Crippen molar-refractivity contribution in [2.45, 2.75) is 19.1 Å². The van der Waals surface area contributed by atoms with Crippen molar-refractivity contribution >= 4 is 6.29 Å². The van der Waals surface area contributed by atoms with Crippen molar-refractivity contribution in [3.05, 3.63) is 23.0 Å². The topological polar surface area (TPSA) is 65.2 Å². The molecule has 1 heterocycles. The van der Waals surface area contributed by atoms with Gasteiger partial charge in [-0.1, -0.05) is 0 Å². The number of rotatable bonds is 3. The first kappa shape index (κ1) is 15.2. The molecule has 0 saturated heterocycles. The van der Waals surface area contributed by atoms with E-state index in [-0.39, 0.29) is 11.8 Å². The number of carbonyl (C=O) groups excluding carboxylic acids is 1. The zero-order chi connectivity index (χ0) is 14.8. The lowest BCUT2D eigenvalue weighted by Crippen LogP contribution is -2.22. The zero-order valence-corrected chi connectivity index (χ0v) is 8.97. The van der Waals surface area contributed by atoms with Gasteiger partial charge in [-0.15, -0.1) is 13.2 Å². The van der Waals surface area contributed by atoms with Crippen LogP contribution in [0.25, 0.3) is 0 Å². The van der Waals surface area contributed by atoms with Crippen molar-refractivity contribution in [2.75, 3.05) is 0 Å². The number of alkyl halides is 6. The molecule has 1 rings (SSSR count). The molecule has 0 radical (unpaired) electrons. The average Bonchev–Trinajstić information content (AvgIpc) is 2.24. The maximum Gasteiger partial charge on any atom is 0.573 e. The largest absolute Gasteiger partial charge is 0.573 e. The van der Waals surface area contributed by atoms with Crippen LogP contribution in [0, 0.1) is 0 Å². The van der Waals surface area contributed by atoms with E-state index in [0.717, 1.165) is 0 Å². The van der Waals surface area contributed by atoms with Gasteiger partial charge in [0.25, 0.3) is 0 Å². The maximum absolute atomic E-state index is 12.5. The molecule has 0 bridgehead atoms. The molecule has 0 fully saturated rings. The van der Waals surface area contributed by atoms with Crippen LogP contribution in [0.1, 0.15) is 21.7 Å². The normalized spacial score (nSPS) is 12.4. The van der Waals surface area contributed by atoms with Crippen molar-refractivity contribution in [3.63, 3.8) is 0 Å². The Bertz CT molecular complexity index is 483. The molecule has 0 aliphatic rings. The summed E-state index contributed by atoms with van der Waals surface area (Å²) >= 11 is 0. The number of aromatic nitrogens is 1. The molecule has 0 aliphatic carbocycles. The molecule has 0 aliphatic heterocycles. The van der Waals surface area contributed by atoms with E-state index >= 15 is 0 Å². The Balaban J connectivity index is 3.45. The Labute approximate surface area is 102 Å². The molecule has 4 nitrogen and oxygen atoms in total. The van der Waals surface area contributed by atoms with Crippen LogP contribution in [0.2, 0.25) is 0 Å². The van der Waals surface area contributed by atoms with Gasteiger partial charge in [-0.2, -0.15) is 13.2 Å². The van der Waals surface area contributed by atoms with Crippen LogP contribution >= 0.6 is 0 Å². The second kappa shape index (κ2) is 5.03. The van der Waals surface area contributed by atoms with Crippen LogP contribution in [-0.2, 0) is 12.7 Å². The maximum atomic E-state index is 12.5. The number of carbonyl (C=O) groups is 1.